The summed E-state index contributed by atoms with van der Waals surface area (Å²) in [7, 11) is 0. The first kappa shape index (κ1) is 13.8. The number of rotatable bonds is 3. The van der Waals surface area contributed by atoms with Gasteiger partial charge in [0.25, 0.3) is 0 Å². The maximum absolute atomic E-state index is 11.1. The molecule has 4 atom stereocenters. The van der Waals surface area contributed by atoms with E-state index in [1.165, 1.54) is 25.5 Å². The van der Waals surface area contributed by atoms with Crippen LogP contribution in [0.3, 0.4) is 0 Å². The van der Waals surface area contributed by atoms with Crippen molar-refractivity contribution in [1.29, 1.82) is 0 Å². The van der Waals surface area contributed by atoms with Crippen LogP contribution in [-0.4, -0.2) is 6.29 Å². The average Bonchev–Trinajstić information content (AvgIpc) is 2.55. The van der Waals surface area contributed by atoms with Gasteiger partial charge in [0, 0.05) is 5.92 Å². The number of carbonyl (C=O) groups excluding carboxylic acids is 1. The number of allylic oxidation sites excluding steroid dienone is 2. The van der Waals surface area contributed by atoms with Crippen LogP contribution in [0.5, 0.6) is 0 Å². The Morgan fingerprint density at radius 1 is 1.33 bits per heavy atom. The fourth-order valence-corrected chi connectivity index (χ4v) is 4.10. The molecule has 18 heavy (non-hydrogen) atoms. The molecule has 0 heterocycles. The lowest BCUT2D eigenvalue weighted by Gasteiger charge is -2.36. The van der Waals surface area contributed by atoms with Crippen molar-refractivity contribution in [3.63, 3.8) is 0 Å². The van der Waals surface area contributed by atoms with Gasteiger partial charge in [-0.1, -0.05) is 32.4 Å². The van der Waals surface area contributed by atoms with Crippen LogP contribution in [0, 0.1) is 29.1 Å². The van der Waals surface area contributed by atoms with Gasteiger partial charge >= 0.3 is 0 Å². The van der Waals surface area contributed by atoms with Crippen LogP contribution in [0.4, 0.5) is 0 Å². The lowest BCUT2D eigenvalue weighted by molar-refractivity contribution is -0.113. The lowest BCUT2D eigenvalue weighted by Crippen LogP contribution is -2.28. The van der Waals surface area contributed by atoms with Crippen molar-refractivity contribution in [2.24, 2.45) is 29.1 Å². The molecule has 0 saturated heterocycles. The van der Waals surface area contributed by atoms with Gasteiger partial charge in [-0.25, -0.2) is 0 Å². The van der Waals surface area contributed by atoms with E-state index >= 15 is 0 Å². The zero-order valence-electron chi connectivity index (χ0n) is 12.4. The summed E-state index contributed by atoms with van der Waals surface area (Å²) in [6.45, 7) is 9.36. The standard InChI is InChI=1S/C17H28O/c1-12-7-14(9-15(8-12)11-18)10-16-6-5-13(2)17(16,3)4/h5,11-12,14-16H,6-10H2,1-4H3. The highest BCUT2D eigenvalue weighted by Crippen LogP contribution is 2.48. The summed E-state index contributed by atoms with van der Waals surface area (Å²) in [6, 6.07) is 0. The molecule has 1 fully saturated rings. The molecule has 0 amide bonds. The maximum atomic E-state index is 11.1. The first-order valence-corrected chi connectivity index (χ1v) is 7.56. The molecule has 2 aliphatic carbocycles. The lowest BCUT2D eigenvalue weighted by atomic mass is 9.68. The third-order valence-electron chi connectivity index (χ3n) is 5.63. The quantitative estimate of drug-likeness (QED) is 0.526. The molecule has 0 aliphatic heterocycles. The topological polar surface area (TPSA) is 17.1 Å². The van der Waals surface area contributed by atoms with Gasteiger partial charge in [-0.15, -0.1) is 0 Å². The SMILES string of the molecule is CC1=CCC(CC2CC(C)CC(C=O)C2)C1(C)C. The molecule has 0 spiro atoms. The maximum Gasteiger partial charge on any atom is 0.123 e. The summed E-state index contributed by atoms with van der Waals surface area (Å²) in [5.74, 6) is 2.63. The van der Waals surface area contributed by atoms with Crippen molar-refractivity contribution in [3.05, 3.63) is 11.6 Å². The van der Waals surface area contributed by atoms with E-state index in [-0.39, 0.29) is 0 Å². The third kappa shape index (κ3) is 2.70. The van der Waals surface area contributed by atoms with Gasteiger partial charge in [0.15, 0.2) is 0 Å². The van der Waals surface area contributed by atoms with Crippen LogP contribution in [0.1, 0.15) is 59.8 Å². The zero-order chi connectivity index (χ0) is 13.3. The molecule has 1 saturated carbocycles. The molecule has 4 unspecified atom stereocenters. The smallest absolute Gasteiger partial charge is 0.123 e. The van der Waals surface area contributed by atoms with E-state index in [0.717, 1.165) is 30.6 Å². The third-order valence-corrected chi connectivity index (χ3v) is 5.63. The van der Waals surface area contributed by atoms with Gasteiger partial charge in [0.05, 0.1) is 0 Å². The molecule has 1 nitrogen and oxygen atoms in total. The van der Waals surface area contributed by atoms with E-state index in [4.69, 9.17) is 0 Å². The first-order valence-electron chi connectivity index (χ1n) is 7.56. The minimum Gasteiger partial charge on any atom is -0.303 e. The van der Waals surface area contributed by atoms with Gasteiger partial charge < -0.3 is 4.79 Å². The predicted octanol–water partition coefficient (Wildman–Crippen LogP) is 4.62. The Morgan fingerprint density at radius 3 is 2.61 bits per heavy atom. The molecule has 0 aromatic carbocycles. The molecule has 102 valence electrons. The average molecular weight is 248 g/mol. The van der Waals surface area contributed by atoms with Crippen molar-refractivity contribution in [3.8, 4) is 0 Å². The van der Waals surface area contributed by atoms with Gasteiger partial charge in [0.2, 0.25) is 0 Å². The summed E-state index contributed by atoms with van der Waals surface area (Å²) >= 11 is 0. The summed E-state index contributed by atoms with van der Waals surface area (Å²) in [4.78, 5) is 11.1. The van der Waals surface area contributed by atoms with E-state index in [1.54, 1.807) is 5.57 Å². The van der Waals surface area contributed by atoms with Gasteiger partial charge in [-0.05, 0) is 62.2 Å². The highest BCUT2D eigenvalue weighted by molar-refractivity contribution is 5.53. The van der Waals surface area contributed by atoms with E-state index in [0.29, 0.717) is 11.3 Å². The van der Waals surface area contributed by atoms with Crippen LogP contribution >= 0.6 is 0 Å². The van der Waals surface area contributed by atoms with Crippen LogP contribution < -0.4 is 0 Å². The molecular formula is C17H28O. The molecular weight excluding hydrogens is 220 g/mol. The van der Waals surface area contributed by atoms with Crippen LogP contribution in [0.2, 0.25) is 0 Å². The van der Waals surface area contributed by atoms with Gasteiger partial charge in [-0.2, -0.15) is 0 Å². The van der Waals surface area contributed by atoms with Crippen LogP contribution in [0.25, 0.3) is 0 Å². The number of aldehydes is 1. The first-order chi connectivity index (χ1) is 8.43. The Morgan fingerprint density at radius 2 is 2.06 bits per heavy atom. The van der Waals surface area contributed by atoms with E-state index < -0.39 is 0 Å². The van der Waals surface area contributed by atoms with Crippen molar-refractivity contribution >= 4 is 6.29 Å². The van der Waals surface area contributed by atoms with Crippen LogP contribution in [-0.2, 0) is 4.79 Å². The molecule has 0 aromatic rings. The molecule has 0 aromatic heterocycles. The second kappa shape index (κ2) is 5.19. The Hall–Kier alpha value is -0.590. The molecule has 2 aliphatic rings. The van der Waals surface area contributed by atoms with Crippen molar-refractivity contribution < 1.29 is 4.79 Å². The Labute approximate surface area is 112 Å². The molecule has 0 N–H and O–H groups in total. The normalized spacial score (nSPS) is 39.4. The number of hydrogen-bond donors (Lipinski definition) is 0. The monoisotopic (exact) mass is 248 g/mol. The molecule has 0 bridgehead atoms. The van der Waals surface area contributed by atoms with Crippen molar-refractivity contribution in [2.75, 3.05) is 0 Å². The van der Waals surface area contributed by atoms with E-state index in [1.807, 2.05) is 0 Å². The van der Waals surface area contributed by atoms with E-state index in [2.05, 4.69) is 33.8 Å². The Bertz CT molecular complexity index is 340. The number of carbonyl (C=O) groups is 1. The predicted molar refractivity (Wildman–Crippen MR) is 76.3 cm³/mol. The fourth-order valence-electron chi connectivity index (χ4n) is 4.10. The fraction of sp³-hybridized carbons (Fsp3) is 0.824. The highest BCUT2D eigenvalue weighted by atomic mass is 16.1. The second-order valence-electron chi connectivity index (χ2n) is 7.35. The molecule has 0 radical (unpaired) electrons. The summed E-state index contributed by atoms with van der Waals surface area (Å²) < 4.78 is 0. The Balaban J connectivity index is 1.96. The van der Waals surface area contributed by atoms with E-state index in [9.17, 15) is 4.79 Å². The summed E-state index contributed by atoms with van der Waals surface area (Å²) in [6.07, 6.45) is 9.77. The zero-order valence-corrected chi connectivity index (χ0v) is 12.4. The van der Waals surface area contributed by atoms with Gasteiger partial charge in [-0.3, -0.25) is 0 Å². The minimum absolute atomic E-state index is 0.331. The van der Waals surface area contributed by atoms with Gasteiger partial charge in [0.1, 0.15) is 6.29 Å². The summed E-state index contributed by atoms with van der Waals surface area (Å²) in [5.41, 5.74) is 1.93. The largest absolute Gasteiger partial charge is 0.303 e. The summed E-state index contributed by atoms with van der Waals surface area (Å²) in [5, 5.41) is 0. The number of hydrogen-bond acceptors (Lipinski definition) is 1. The van der Waals surface area contributed by atoms with Crippen molar-refractivity contribution in [1.82, 2.24) is 0 Å². The molecule has 1 heteroatoms. The second-order valence-corrected chi connectivity index (χ2v) is 7.35. The van der Waals surface area contributed by atoms with Crippen molar-refractivity contribution in [2.45, 2.75) is 59.8 Å². The van der Waals surface area contributed by atoms with Crippen LogP contribution in [0.15, 0.2) is 11.6 Å². The highest BCUT2D eigenvalue weighted by Gasteiger charge is 2.37. The minimum atomic E-state index is 0.331. The Kier molecular flexibility index (Phi) is 3.99. The molecule has 2 rings (SSSR count).